The van der Waals surface area contributed by atoms with Gasteiger partial charge in [-0.05, 0) is 42.7 Å². The second kappa shape index (κ2) is 6.17. The highest BCUT2D eigenvalue weighted by Gasteiger charge is 2.24. The van der Waals surface area contributed by atoms with Crippen LogP contribution in [0.1, 0.15) is 62.4 Å². The van der Waals surface area contributed by atoms with E-state index >= 15 is 0 Å². The molecule has 110 valence electrons. The van der Waals surface area contributed by atoms with E-state index in [4.69, 9.17) is 11.6 Å². The van der Waals surface area contributed by atoms with Gasteiger partial charge in [0, 0.05) is 17.0 Å². The molecule has 1 aliphatic carbocycles. The van der Waals surface area contributed by atoms with Crippen LogP contribution in [-0.2, 0) is 5.41 Å². The molecule has 1 fully saturated rings. The summed E-state index contributed by atoms with van der Waals surface area (Å²) in [6.45, 7) is 6.41. The van der Waals surface area contributed by atoms with Gasteiger partial charge in [-0.3, -0.25) is 4.79 Å². The number of nitrogens with one attached hydrogen (secondary N) is 1. The van der Waals surface area contributed by atoms with Crippen LogP contribution in [0.25, 0.3) is 0 Å². The zero-order valence-corrected chi connectivity index (χ0v) is 13.3. The molecule has 0 heterocycles. The molecule has 0 spiro atoms. The molecule has 0 aliphatic heterocycles. The van der Waals surface area contributed by atoms with Crippen molar-refractivity contribution in [1.82, 2.24) is 5.32 Å². The van der Waals surface area contributed by atoms with Gasteiger partial charge in [0.25, 0.3) is 5.91 Å². The Morgan fingerprint density at radius 3 is 2.35 bits per heavy atom. The van der Waals surface area contributed by atoms with Crippen LogP contribution in [0.2, 0.25) is 0 Å². The highest BCUT2D eigenvalue weighted by atomic mass is 35.5. The van der Waals surface area contributed by atoms with E-state index in [1.807, 2.05) is 24.3 Å². The lowest BCUT2D eigenvalue weighted by atomic mass is 9.83. The Bertz CT molecular complexity index is 470. The topological polar surface area (TPSA) is 29.1 Å². The number of halogens is 1. The number of carbonyl (C=O) groups is 1. The number of carbonyl (C=O) groups excluding carboxylic acids is 1. The van der Waals surface area contributed by atoms with Crippen molar-refractivity contribution in [3.63, 3.8) is 0 Å². The van der Waals surface area contributed by atoms with E-state index in [1.54, 1.807) is 0 Å². The molecule has 20 heavy (non-hydrogen) atoms. The molecule has 3 heteroatoms. The van der Waals surface area contributed by atoms with E-state index in [9.17, 15) is 4.79 Å². The Labute approximate surface area is 126 Å². The zero-order chi connectivity index (χ0) is 14.8. The number of benzene rings is 1. The van der Waals surface area contributed by atoms with Gasteiger partial charge in [-0.1, -0.05) is 39.0 Å². The summed E-state index contributed by atoms with van der Waals surface area (Å²) < 4.78 is 0. The van der Waals surface area contributed by atoms with Crippen molar-refractivity contribution < 1.29 is 4.79 Å². The molecule has 1 aliphatic rings. The van der Waals surface area contributed by atoms with Crippen molar-refractivity contribution in [2.24, 2.45) is 0 Å². The van der Waals surface area contributed by atoms with E-state index in [-0.39, 0.29) is 22.7 Å². The maximum atomic E-state index is 12.5. The first-order chi connectivity index (χ1) is 9.38. The molecule has 1 saturated carbocycles. The molecule has 1 N–H and O–H groups in total. The molecular formula is C17H24ClNO. The average molecular weight is 294 g/mol. The summed E-state index contributed by atoms with van der Waals surface area (Å²) in [5.74, 6) is 0.0496. The summed E-state index contributed by atoms with van der Waals surface area (Å²) >= 11 is 6.11. The van der Waals surface area contributed by atoms with Crippen molar-refractivity contribution in [1.29, 1.82) is 0 Å². The molecule has 0 unspecified atom stereocenters. The molecule has 0 aromatic heterocycles. The Morgan fingerprint density at radius 2 is 1.75 bits per heavy atom. The molecule has 0 radical (unpaired) electrons. The Hall–Kier alpha value is -1.02. The minimum atomic E-state index is -0.0261. The van der Waals surface area contributed by atoms with Crippen LogP contribution >= 0.6 is 11.6 Å². The molecule has 0 bridgehead atoms. The van der Waals surface area contributed by atoms with Gasteiger partial charge < -0.3 is 5.32 Å². The summed E-state index contributed by atoms with van der Waals surface area (Å²) in [4.78, 5) is 12.5. The Kier molecular flexibility index (Phi) is 4.74. The fourth-order valence-corrected chi connectivity index (χ4v) is 3.05. The number of hydrogen-bond acceptors (Lipinski definition) is 1. The second-order valence-corrected chi connectivity index (χ2v) is 7.34. The first kappa shape index (κ1) is 15.4. The monoisotopic (exact) mass is 293 g/mol. The van der Waals surface area contributed by atoms with E-state index < -0.39 is 0 Å². The van der Waals surface area contributed by atoms with Gasteiger partial charge in [0.15, 0.2) is 0 Å². The van der Waals surface area contributed by atoms with Crippen molar-refractivity contribution >= 4 is 17.5 Å². The van der Waals surface area contributed by atoms with E-state index in [1.165, 1.54) is 0 Å². The molecule has 1 aromatic rings. The highest BCUT2D eigenvalue weighted by Crippen LogP contribution is 2.27. The van der Waals surface area contributed by atoms with Gasteiger partial charge in [-0.15, -0.1) is 11.6 Å². The van der Waals surface area contributed by atoms with E-state index in [0.29, 0.717) is 0 Å². The van der Waals surface area contributed by atoms with Crippen molar-refractivity contribution in [3.8, 4) is 0 Å². The predicted molar refractivity (Wildman–Crippen MR) is 84.5 cm³/mol. The minimum Gasteiger partial charge on any atom is -0.349 e. The number of hydrogen-bond donors (Lipinski definition) is 1. The summed E-state index contributed by atoms with van der Waals surface area (Å²) in [5, 5.41) is 3.45. The van der Waals surface area contributed by atoms with Gasteiger partial charge in [-0.2, -0.15) is 0 Å². The van der Waals surface area contributed by atoms with Gasteiger partial charge in [-0.25, -0.2) is 0 Å². The highest BCUT2D eigenvalue weighted by molar-refractivity contribution is 6.20. The Morgan fingerprint density at radius 1 is 1.15 bits per heavy atom. The molecule has 2 nitrogen and oxygen atoms in total. The number of alkyl halides is 1. The van der Waals surface area contributed by atoms with Crippen LogP contribution in [0, 0.1) is 0 Å². The van der Waals surface area contributed by atoms with Crippen LogP contribution in [0.4, 0.5) is 0 Å². The van der Waals surface area contributed by atoms with E-state index in [0.717, 1.165) is 36.8 Å². The first-order valence-corrected chi connectivity index (χ1v) is 7.86. The first-order valence-electron chi connectivity index (χ1n) is 7.42. The lowest BCUT2D eigenvalue weighted by Crippen LogP contribution is -2.38. The summed E-state index contributed by atoms with van der Waals surface area (Å²) in [5.41, 5.74) is 1.87. The van der Waals surface area contributed by atoms with E-state index in [2.05, 4.69) is 26.1 Å². The lowest BCUT2D eigenvalue weighted by molar-refractivity contribution is 0.0925. The smallest absolute Gasteiger partial charge is 0.251 e. The normalized spacial score (nSPS) is 23.4. The van der Waals surface area contributed by atoms with Crippen LogP contribution in [0.3, 0.4) is 0 Å². The maximum absolute atomic E-state index is 12.5. The third kappa shape index (κ3) is 3.76. The predicted octanol–water partition coefficient (Wildman–Crippen LogP) is 4.26. The second-order valence-electron chi connectivity index (χ2n) is 6.72. The largest absolute Gasteiger partial charge is 0.349 e. The van der Waals surface area contributed by atoms with Gasteiger partial charge in [0.2, 0.25) is 0 Å². The van der Waals surface area contributed by atoms with Gasteiger partial charge in [0.05, 0.1) is 0 Å². The average Bonchev–Trinajstić information content (AvgIpc) is 2.40. The summed E-state index contributed by atoms with van der Waals surface area (Å²) in [6, 6.07) is 8.16. The molecule has 2 rings (SSSR count). The fraction of sp³-hybridized carbons (Fsp3) is 0.588. The maximum Gasteiger partial charge on any atom is 0.251 e. The van der Waals surface area contributed by atoms with Crippen molar-refractivity contribution in [3.05, 3.63) is 35.4 Å². The van der Waals surface area contributed by atoms with Crippen molar-refractivity contribution in [2.45, 2.75) is 63.3 Å². The third-order valence-electron chi connectivity index (χ3n) is 3.97. The molecule has 1 amide bonds. The van der Waals surface area contributed by atoms with Crippen LogP contribution < -0.4 is 5.32 Å². The standard InChI is InChI=1S/C17H24ClNO/c1-17(2,3)15-7-5-4-6-14(15)16(20)19-13-10-8-12(18)9-11-13/h4-7,12-13H,8-11H2,1-3H3,(H,19,20). The third-order valence-corrected chi connectivity index (χ3v) is 4.41. The lowest BCUT2D eigenvalue weighted by Gasteiger charge is -2.27. The molecular weight excluding hydrogens is 270 g/mol. The van der Waals surface area contributed by atoms with Gasteiger partial charge >= 0.3 is 0 Å². The molecule has 0 atom stereocenters. The number of amides is 1. The Balaban J connectivity index is 2.10. The SMILES string of the molecule is CC(C)(C)c1ccccc1C(=O)NC1CCC(Cl)CC1. The van der Waals surface area contributed by atoms with Crippen LogP contribution in [0.15, 0.2) is 24.3 Å². The van der Waals surface area contributed by atoms with Crippen molar-refractivity contribution in [2.75, 3.05) is 0 Å². The molecule has 1 aromatic carbocycles. The molecule has 0 saturated heterocycles. The zero-order valence-electron chi connectivity index (χ0n) is 12.6. The van der Waals surface area contributed by atoms with Crippen LogP contribution in [-0.4, -0.2) is 17.3 Å². The summed E-state index contributed by atoms with van der Waals surface area (Å²) in [7, 11) is 0. The number of rotatable bonds is 2. The minimum absolute atomic E-state index is 0.0261. The van der Waals surface area contributed by atoms with Crippen LogP contribution in [0.5, 0.6) is 0 Å². The van der Waals surface area contributed by atoms with Gasteiger partial charge in [0.1, 0.15) is 0 Å². The summed E-state index contributed by atoms with van der Waals surface area (Å²) in [6.07, 6.45) is 3.95. The quantitative estimate of drug-likeness (QED) is 0.811. The fourth-order valence-electron chi connectivity index (χ4n) is 2.80.